The minimum Gasteiger partial charge on any atom is -0.459 e. The molecule has 1 aliphatic rings. The molecule has 13 heavy (non-hydrogen) atoms. The lowest BCUT2D eigenvalue weighted by atomic mass is 10.2. The molecule has 1 aliphatic heterocycles. The molecule has 0 saturated carbocycles. The van der Waals surface area contributed by atoms with Gasteiger partial charge in [0.1, 0.15) is 11.6 Å². The molecule has 0 aromatic heterocycles. The van der Waals surface area contributed by atoms with Crippen molar-refractivity contribution in [1.82, 2.24) is 5.01 Å². The van der Waals surface area contributed by atoms with E-state index in [1.165, 1.54) is 0 Å². The Kier molecular flexibility index (Phi) is 2.93. The van der Waals surface area contributed by atoms with Crippen molar-refractivity contribution in [3.05, 3.63) is 0 Å². The second kappa shape index (κ2) is 3.64. The summed E-state index contributed by atoms with van der Waals surface area (Å²) in [5, 5.41) is 1.56. The van der Waals surface area contributed by atoms with Crippen LogP contribution < -0.4 is 5.84 Å². The molecule has 4 nitrogen and oxygen atoms in total. The molecular weight excluding hydrogens is 168 g/mol. The molecule has 0 amide bonds. The molecule has 1 unspecified atom stereocenters. The van der Waals surface area contributed by atoms with Crippen LogP contribution >= 0.6 is 0 Å². The summed E-state index contributed by atoms with van der Waals surface area (Å²) in [4.78, 5) is 11.5. The van der Waals surface area contributed by atoms with Crippen LogP contribution in [0, 0.1) is 0 Å². The number of hydrazine groups is 1. The Balaban J connectivity index is 2.48. The van der Waals surface area contributed by atoms with Gasteiger partial charge in [0.15, 0.2) is 0 Å². The molecule has 0 aromatic rings. The van der Waals surface area contributed by atoms with Crippen LogP contribution in [0.3, 0.4) is 0 Å². The van der Waals surface area contributed by atoms with Crippen molar-refractivity contribution in [1.29, 1.82) is 0 Å². The van der Waals surface area contributed by atoms with Gasteiger partial charge in [0, 0.05) is 6.54 Å². The SMILES string of the molecule is CC(C)(C)OC(=O)C1CCCN1N. The van der Waals surface area contributed by atoms with Crippen LogP contribution in [0.4, 0.5) is 0 Å². The van der Waals surface area contributed by atoms with E-state index in [0.29, 0.717) is 0 Å². The Morgan fingerprint density at radius 1 is 1.54 bits per heavy atom. The van der Waals surface area contributed by atoms with Gasteiger partial charge in [0.25, 0.3) is 0 Å². The monoisotopic (exact) mass is 186 g/mol. The first-order valence-corrected chi connectivity index (χ1v) is 4.64. The van der Waals surface area contributed by atoms with Gasteiger partial charge < -0.3 is 4.74 Å². The van der Waals surface area contributed by atoms with Crippen LogP contribution in [0.1, 0.15) is 33.6 Å². The van der Waals surface area contributed by atoms with Crippen molar-refractivity contribution in [3.8, 4) is 0 Å². The molecule has 0 spiro atoms. The lowest BCUT2D eigenvalue weighted by Gasteiger charge is -2.24. The Bertz CT molecular complexity index is 198. The van der Waals surface area contributed by atoms with E-state index in [2.05, 4.69) is 0 Å². The van der Waals surface area contributed by atoms with Gasteiger partial charge in [-0.3, -0.25) is 10.6 Å². The Morgan fingerprint density at radius 3 is 2.54 bits per heavy atom. The predicted molar refractivity (Wildman–Crippen MR) is 49.8 cm³/mol. The smallest absolute Gasteiger partial charge is 0.325 e. The number of ether oxygens (including phenoxy) is 1. The van der Waals surface area contributed by atoms with Gasteiger partial charge in [-0.2, -0.15) is 0 Å². The largest absolute Gasteiger partial charge is 0.459 e. The Morgan fingerprint density at radius 2 is 2.15 bits per heavy atom. The van der Waals surface area contributed by atoms with Gasteiger partial charge >= 0.3 is 5.97 Å². The summed E-state index contributed by atoms with van der Waals surface area (Å²) in [6.07, 6.45) is 1.78. The molecule has 0 bridgehead atoms. The first kappa shape index (κ1) is 10.5. The van der Waals surface area contributed by atoms with E-state index in [0.717, 1.165) is 19.4 Å². The fraction of sp³-hybridized carbons (Fsp3) is 0.889. The van der Waals surface area contributed by atoms with Crippen molar-refractivity contribution in [2.24, 2.45) is 5.84 Å². The molecule has 1 rings (SSSR count). The second-order valence-electron chi connectivity index (χ2n) is 4.43. The summed E-state index contributed by atoms with van der Waals surface area (Å²) >= 11 is 0. The fourth-order valence-electron chi connectivity index (χ4n) is 1.41. The van der Waals surface area contributed by atoms with Gasteiger partial charge in [0.05, 0.1) is 0 Å². The molecule has 0 radical (unpaired) electrons. The standard InChI is InChI=1S/C9H18N2O2/c1-9(2,3)13-8(12)7-5-4-6-11(7)10/h7H,4-6,10H2,1-3H3. The van der Waals surface area contributed by atoms with Gasteiger partial charge in [-0.1, -0.05) is 0 Å². The van der Waals surface area contributed by atoms with Gasteiger partial charge in [-0.05, 0) is 33.6 Å². The van der Waals surface area contributed by atoms with Crippen LogP contribution in [0.5, 0.6) is 0 Å². The molecule has 1 saturated heterocycles. The maximum Gasteiger partial charge on any atom is 0.325 e. The molecule has 1 heterocycles. The van der Waals surface area contributed by atoms with E-state index in [-0.39, 0.29) is 12.0 Å². The molecule has 1 atom stereocenters. The maximum atomic E-state index is 11.5. The van der Waals surface area contributed by atoms with E-state index in [9.17, 15) is 4.79 Å². The van der Waals surface area contributed by atoms with Crippen molar-refractivity contribution >= 4 is 5.97 Å². The number of carbonyl (C=O) groups is 1. The molecule has 2 N–H and O–H groups in total. The Labute approximate surface area is 79.0 Å². The van der Waals surface area contributed by atoms with E-state index in [4.69, 9.17) is 10.6 Å². The van der Waals surface area contributed by atoms with Crippen molar-refractivity contribution in [3.63, 3.8) is 0 Å². The number of hydrogen-bond acceptors (Lipinski definition) is 4. The molecule has 1 fully saturated rings. The maximum absolute atomic E-state index is 11.5. The highest BCUT2D eigenvalue weighted by Crippen LogP contribution is 2.17. The number of rotatable bonds is 1. The van der Waals surface area contributed by atoms with E-state index >= 15 is 0 Å². The Hall–Kier alpha value is -0.610. The van der Waals surface area contributed by atoms with Gasteiger partial charge in [-0.25, -0.2) is 5.01 Å². The summed E-state index contributed by atoms with van der Waals surface area (Å²) in [5.41, 5.74) is -0.416. The molecule has 4 heteroatoms. The summed E-state index contributed by atoms with van der Waals surface area (Å²) < 4.78 is 5.23. The van der Waals surface area contributed by atoms with Gasteiger partial charge in [-0.15, -0.1) is 0 Å². The first-order chi connectivity index (χ1) is 5.90. The number of carbonyl (C=O) groups excluding carboxylic acids is 1. The highest BCUT2D eigenvalue weighted by molar-refractivity contribution is 5.76. The van der Waals surface area contributed by atoms with Gasteiger partial charge in [0.2, 0.25) is 0 Å². The molecule has 0 aliphatic carbocycles. The topological polar surface area (TPSA) is 55.6 Å². The van der Waals surface area contributed by atoms with Crippen LogP contribution in [-0.4, -0.2) is 29.2 Å². The third kappa shape index (κ3) is 2.97. The summed E-state index contributed by atoms with van der Waals surface area (Å²) in [7, 11) is 0. The van der Waals surface area contributed by atoms with Crippen molar-refractivity contribution < 1.29 is 9.53 Å². The highest BCUT2D eigenvalue weighted by Gasteiger charge is 2.32. The molecule has 0 aromatic carbocycles. The van der Waals surface area contributed by atoms with E-state index in [1.807, 2.05) is 20.8 Å². The fourth-order valence-corrected chi connectivity index (χ4v) is 1.41. The zero-order chi connectivity index (χ0) is 10.1. The predicted octanol–water partition coefficient (Wildman–Crippen LogP) is 0.666. The summed E-state index contributed by atoms with van der Waals surface area (Å²) in [6, 6.07) is -0.237. The van der Waals surface area contributed by atoms with Crippen molar-refractivity contribution in [2.75, 3.05) is 6.54 Å². The second-order valence-corrected chi connectivity index (χ2v) is 4.43. The van der Waals surface area contributed by atoms with E-state index < -0.39 is 5.60 Å². The molecular formula is C9H18N2O2. The third-order valence-corrected chi connectivity index (χ3v) is 1.97. The molecule has 76 valence electrons. The van der Waals surface area contributed by atoms with Crippen molar-refractivity contribution in [2.45, 2.75) is 45.3 Å². The van der Waals surface area contributed by atoms with E-state index in [1.54, 1.807) is 5.01 Å². The normalized spacial score (nSPS) is 24.8. The minimum atomic E-state index is -0.416. The van der Waals surface area contributed by atoms with Crippen LogP contribution in [0.15, 0.2) is 0 Å². The zero-order valence-corrected chi connectivity index (χ0v) is 8.54. The van der Waals surface area contributed by atoms with Crippen LogP contribution in [-0.2, 0) is 9.53 Å². The average molecular weight is 186 g/mol. The van der Waals surface area contributed by atoms with Crippen LogP contribution in [0.25, 0.3) is 0 Å². The number of hydrogen-bond donors (Lipinski definition) is 1. The summed E-state index contributed by atoms with van der Waals surface area (Å²) in [6.45, 7) is 6.37. The highest BCUT2D eigenvalue weighted by atomic mass is 16.6. The number of nitrogens with zero attached hydrogens (tertiary/aromatic N) is 1. The minimum absolute atomic E-state index is 0.201. The zero-order valence-electron chi connectivity index (χ0n) is 8.54. The summed E-state index contributed by atoms with van der Waals surface area (Å²) in [5.74, 6) is 5.43. The lowest BCUT2D eigenvalue weighted by molar-refractivity contribution is -0.160. The van der Waals surface area contributed by atoms with Crippen LogP contribution in [0.2, 0.25) is 0 Å². The number of nitrogens with two attached hydrogens (primary N) is 1. The average Bonchev–Trinajstić information content (AvgIpc) is 2.30. The lowest BCUT2D eigenvalue weighted by Crippen LogP contribution is -2.44. The third-order valence-electron chi connectivity index (χ3n) is 1.97. The first-order valence-electron chi connectivity index (χ1n) is 4.64. The number of esters is 1. The quantitative estimate of drug-likeness (QED) is 0.483.